The summed E-state index contributed by atoms with van der Waals surface area (Å²) < 4.78 is 24.3. The van der Waals surface area contributed by atoms with E-state index in [0.29, 0.717) is 24.5 Å². The molecule has 0 aliphatic heterocycles. The molecule has 1 rings (SSSR count). The van der Waals surface area contributed by atoms with Crippen molar-refractivity contribution >= 4 is 28.5 Å². The van der Waals surface area contributed by atoms with Gasteiger partial charge in [0.25, 0.3) is 0 Å². The van der Waals surface area contributed by atoms with Crippen LogP contribution in [-0.2, 0) is 15.6 Å². The van der Waals surface area contributed by atoms with Crippen LogP contribution in [0.5, 0.6) is 0 Å². The Labute approximate surface area is 132 Å². The Morgan fingerprint density at radius 3 is 2.48 bits per heavy atom. The molecule has 0 aromatic heterocycles. The molecule has 0 spiro atoms. The first-order valence-corrected chi connectivity index (χ1v) is 9.13. The summed E-state index contributed by atoms with van der Waals surface area (Å²) in [4.78, 5) is 12.6. The first kappa shape index (κ1) is 18.2. The minimum absolute atomic E-state index is 0.0458. The fraction of sp³-hybridized carbons (Fsp3) is 0.533. The van der Waals surface area contributed by atoms with Crippen molar-refractivity contribution in [1.82, 2.24) is 5.32 Å². The van der Waals surface area contributed by atoms with Gasteiger partial charge in [-0.05, 0) is 45.0 Å². The SMILES string of the molecule is CC(C)(C)[S@@](=O)CCNC(=O)CCSc1ccc(F)cc1. The standard InChI is InChI=1S/C15H22FNO2S2/c1-15(2,3)21(19)11-9-17-14(18)8-10-20-13-6-4-12(16)5-7-13/h4-7H,8-11H2,1-3H3,(H,17,18)/t21-/m0/s1. The van der Waals surface area contributed by atoms with E-state index in [-0.39, 0.29) is 16.5 Å². The molecule has 118 valence electrons. The second kappa shape index (κ2) is 8.54. The normalized spacial score (nSPS) is 13.0. The summed E-state index contributed by atoms with van der Waals surface area (Å²) in [5.74, 6) is 0.805. The molecule has 6 heteroatoms. The Balaban J connectivity index is 2.17. The third kappa shape index (κ3) is 7.62. The van der Waals surface area contributed by atoms with Gasteiger partial charge in [0.05, 0.1) is 0 Å². The van der Waals surface area contributed by atoms with Gasteiger partial charge in [0.15, 0.2) is 0 Å². The van der Waals surface area contributed by atoms with Crippen LogP contribution in [0.25, 0.3) is 0 Å². The van der Waals surface area contributed by atoms with Crippen LogP contribution in [0.15, 0.2) is 29.2 Å². The van der Waals surface area contributed by atoms with Crippen molar-refractivity contribution in [2.45, 2.75) is 36.8 Å². The molecule has 0 unspecified atom stereocenters. The lowest BCUT2D eigenvalue weighted by atomic mass is 10.3. The van der Waals surface area contributed by atoms with E-state index in [1.807, 2.05) is 20.8 Å². The molecule has 1 atom stereocenters. The first-order valence-electron chi connectivity index (χ1n) is 6.82. The van der Waals surface area contributed by atoms with E-state index < -0.39 is 10.8 Å². The Hall–Kier alpha value is -0.880. The first-order chi connectivity index (χ1) is 9.79. The predicted octanol–water partition coefficient (Wildman–Crippen LogP) is 2.97. The summed E-state index contributed by atoms with van der Waals surface area (Å²) in [6.45, 7) is 6.20. The van der Waals surface area contributed by atoms with Crippen molar-refractivity contribution in [2.24, 2.45) is 0 Å². The minimum Gasteiger partial charge on any atom is -0.355 e. The summed E-state index contributed by atoms with van der Waals surface area (Å²) in [5.41, 5.74) is 0. The topological polar surface area (TPSA) is 46.2 Å². The lowest BCUT2D eigenvalue weighted by molar-refractivity contribution is -0.120. The van der Waals surface area contributed by atoms with Gasteiger partial charge in [-0.2, -0.15) is 0 Å². The largest absolute Gasteiger partial charge is 0.355 e. The molecule has 1 aromatic rings. The van der Waals surface area contributed by atoms with Gasteiger partial charge in [-0.1, -0.05) is 0 Å². The van der Waals surface area contributed by atoms with Gasteiger partial charge in [0, 0.05) is 44.9 Å². The van der Waals surface area contributed by atoms with Crippen LogP contribution in [0.1, 0.15) is 27.2 Å². The molecule has 0 saturated carbocycles. The molecule has 0 saturated heterocycles. The molecule has 0 heterocycles. The van der Waals surface area contributed by atoms with Crippen molar-refractivity contribution in [1.29, 1.82) is 0 Å². The highest BCUT2D eigenvalue weighted by atomic mass is 32.2. The second-order valence-electron chi connectivity index (χ2n) is 5.56. The maximum absolute atomic E-state index is 12.7. The van der Waals surface area contributed by atoms with Crippen LogP contribution >= 0.6 is 11.8 Å². The Bertz CT molecular complexity index is 483. The molecule has 0 radical (unpaired) electrons. The molecule has 1 aromatic carbocycles. The van der Waals surface area contributed by atoms with Crippen LogP contribution in [0.2, 0.25) is 0 Å². The third-order valence-electron chi connectivity index (χ3n) is 2.70. The highest BCUT2D eigenvalue weighted by molar-refractivity contribution is 7.99. The molecule has 1 N–H and O–H groups in total. The number of nitrogens with one attached hydrogen (secondary N) is 1. The summed E-state index contributed by atoms with van der Waals surface area (Å²) in [6, 6.07) is 6.21. The van der Waals surface area contributed by atoms with Crippen LogP contribution in [0.4, 0.5) is 4.39 Å². The van der Waals surface area contributed by atoms with Crippen LogP contribution < -0.4 is 5.32 Å². The van der Waals surface area contributed by atoms with E-state index in [4.69, 9.17) is 0 Å². The van der Waals surface area contributed by atoms with Crippen LogP contribution in [0.3, 0.4) is 0 Å². The van der Waals surface area contributed by atoms with E-state index >= 15 is 0 Å². The molecule has 21 heavy (non-hydrogen) atoms. The number of hydrogen-bond donors (Lipinski definition) is 1. The van der Waals surface area contributed by atoms with Crippen molar-refractivity contribution in [3.05, 3.63) is 30.1 Å². The van der Waals surface area contributed by atoms with Gasteiger partial charge in [0.1, 0.15) is 5.82 Å². The number of rotatable bonds is 7. The van der Waals surface area contributed by atoms with Crippen molar-refractivity contribution in [3.8, 4) is 0 Å². The van der Waals surface area contributed by atoms with E-state index in [0.717, 1.165) is 4.90 Å². The zero-order valence-electron chi connectivity index (χ0n) is 12.6. The fourth-order valence-electron chi connectivity index (χ4n) is 1.47. The van der Waals surface area contributed by atoms with E-state index in [1.165, 1.54) is 23.9 Å². The maximum atomic E-state index is 12.7. The quantitative estimate of drug-likeness (QED) is 0.781. The average Bonchev–Trinajstić information content (AvgIpc) is 2.40. The van der Waals surface area contributed by atoms with Gasteiger partial charge >= 0.3 is 0 Å². The highest BCUT2D eigenvalue weighted by Crippen LogP contribution is 2.18. The van der Waals surface area contributed by atoms with E-state index in [2.05, 4.69) is 5.32 Å². The van der Waals surface area contributed by atoms with Crippen molar-refractivity contribution < 1.29 is 13.4 Å². The summed E-state index contributed by atoms with van der Waals surface area (Å²) >= 11 is 1.51. The maximum Gasteiger partial charge on any atom is 0.220 e. The monoisotopic (exact) mass is 331 g/mol. The van der Waals surface area contributed by atoms with Crippen LogP contribution in [-0.4, -0.2) is 32.9 Å². The zero-order valence-corrected chi connectivity index (χ0v) is 14.3. The van der Waals surface area contributed by atoms with Crippen molar-refractivity contribution in [3.63, 3.8) is 0 Å². The highest BCUT2D eigenvalue weighted by Gasteiger charge is 2.18. The lowest BCUT2D eigenvalue weighted by Gasteiger charge is -2.17. The van der Waals surface area contributed by atoms with Gasteiger partial charge in [-0.3, -0.25) is 9.00 Å². The number of carbonyl (C=O) groups excluding carboxylic acids is 1. The lowest BCUT2D eigenvalue weighted by Crippen LogP contribution is -2.32. The molecule has 0 aliphatic carbocycles. The molecular formula is C15H22FNO2S2. The number of benzene rings is 1. The summed E-state index contributed by atoms with van der Waals surface area (Å²) in [7, 11) is -0.947. The number of amides is 1. The summed E-state index contributed by atoms with van der Waals surface area (Å²) in [5, 5.41) is 2.78. The number of thioether (sulfide) groups is 1. The molecule has 0 aliphatic rings. The predicted molar refractivity (Wildman–Crippen MR) is 87.5 cm³/mol. The zero-order chi connectivity index (χ0) is 15.9. The number of hydrogen-bond acceptors (Lipinski definition) is 3. The average molecular weight is 331 g/mol. The van der Waals surface area contributed by atoms with Gasteiger partial charge in [-0.25, -0.2) is 4.39 Å². The molecule has 3 nitrogen and oxygen atoms in total. The molecule has 1 amide bonds. The van der Waals surface area contributed by atoms with Gasteiger partial charge in [0.2, 0.25) is 5.91 Å². The number of carbonyl (C=O) groups is 1. The Kier molecular flexibility index (Phi) is 7.39. The Morgan fingerprint density at radius 1 is 1.29 bits per heavy atom. The summed E-state index contributed by atoms with van der Waals surface area (Å²) in [6.07, 6.45) is 0.393. The van der Waals surface area contributed by atoms with Crippen molar-refractivity contribution in [2.75, 3.05) is 18.1 Å². The number of halogens is 1. The molecule has 0 bridgehead atoms. The van der Waals surface area contributed by atoms with Gasteiger partial charge < -0.3 is 5.32 Å². The molecule has 0 fully saturated rings. The van der Waals surface area contributed by atoms with E-state index in [9.17, 15) is 13.4 Å². The van der Waals surface area contributed by atoms with E-state index in [1.54, 1.807) is 12.1 Å². The Morgan fingerprint density at radius 2 is 1.90 bits per heavy atom. The van der Waals surface area contributed by atoms with Gasteiger partial charge in [-0.15, -0.1) is 11.8 Å². The smallest absolute Gasteiger partial charge is 0.220 e. The fourth-order valence-corrected chi connectivity index (χ4v) is 3.22. The minimum atomic E-state index is -0.947. The second-order valence-corrected chi connectivity index (χ2v) is 9.06. The molecular weight excluding hydrogens is 309 g/mol. The van der Waals surface area contributed by atoms with Crippen LogP contribution in [0, 0.1) is 5.82 Å². The third-order valence-corrected chi connectivity index (χ3v) is 5.66.